The van der Waals surface area contributed by atoms with Gasteiger partial charge in [-0.25, -0.2) is 0 Å². The molecule has 3 heteroatoms. The van der Waals surface area contributed by atoms with E-state index in [9.17, 15) is 4.79 Å². The van der Waals surface area contributed by atoms with Gasteiger partial charge in [-0.2, -0.15) is 0 Å². The molecule has 1 unspecified atom stereocenters. The van der Waals surface area contributed by atoms with Gasteiger partial charge >= 0.3 is 0 Å². The van der Waals surface area contributed by atoms with Crippen LogP contribution in [0.5, 0.6) is 11.5 Å². The summed E-state index contributed by atoms with van der Waals surface area (Å²) in [7, 11) is 0. The largest absolute Gasteiger partial charge is 0.489 e. The maximum atomic E-state index is 11.8. The Hall–Kier alpha value is -1.51. The van der Waals surface area contributed by atoms with Gasteiger partial charge in [-0.05, 0) is 30.5 Å². The van der Waals surface area contributed by atoms with Gasteiger partial charge in [-0.15, -0.1) is 0 Å². The van der Waals surface area contributed by atoms with Gasteiger partial charge in [0.1, 0.15) is 0 Å². The van der Waals surface area contributed by atoms with E-state index in [0.29, 0.717) is 25.6 Å². The normalized spacial score (nSPS) is 22.9. The van der Waals surface area contributed by atoms with Crippen molar-refractivity contribution in [1.82, 2.24) is 0 Å². The minimum atomic E-state index is 0.231. The van der Waals surface area contributed by atoms with Crippen LogP contribution in [-0.2, 0) is 6.42 Å². The van der Waals surface area contributed by atoms with Crippen LogP contribution in [0.1, 0.15) is 35.7 Å². The number of rotatable bonds is 0. The second-order valence-corrected chi connectivity index (χ2v) is 4.96. The number of carbonyl (C=O) groups is 1. The molecule has 3 rings (SSSR count). The first-order valence-electron chi connectivity index (χ1n) is 6.20. The Bertz CT molecular complexity index is 465. The lowest BCUT2D eigenvalue weighted by atomic mass is 9.90. The maximum Gasteiger partial charge on any atom is 0.163 e. The molecule has 3 nitrogen and oxygen atoms in total. The lowest BCUT2D eigenvalue weighted by Crippen LogP contribution is -2.12. The van der Waals surface area contributed by atoms with Crippen molar-refractivity contribution in [3.05, 3.63) is 23.3 Å². The fourth-order valence-electron chi connectivity index (χ4n) is 2.38. The number of benzene rings is 1. The van der Waals surface area contributed by atoms with E-state index >= 15 is 0 Å². The van der Waals surface area contributed by atoms with Gasteiger partial charge in [-0.1, -0.05) is 6.92 Å². The van der Waals surface area contributed by atoms with E-state index in [2.05, 4.69) is 6.92 Å². The summed E-state index contributed by atoms with van der Waals surface area (Å²) in [6.07, 6.45) is 2.57. The summed E-state index contributed by atoms with van der Waals surface area (Å²) in [5, 5.41) is 0. The molecule has 0 saturated heterocycles. The molecule has 1 atom stereocenters. The van der Waals surface area contributed by atoms with Gasteiger partial charge in [0.25, 0.3) is 0 Å². The van der Waals surface area contributed by atoms with Crippen molar-refractivity contribution in [1.29, 1.82) is 0 Å². The maximum absolute atomic E-state index is 11.8. The van der Waals surface area contributed by atoms with Crippen LogP contribution in [0.25, 0.3) is 0 Å². The van der Waals surface area contributed by atoms with E-state index in [-0.39, 0.29) is 5.78 Å². The number of ketones is 1. The number of aryl methyl sites for hydroxylation is 1. The van der Waals surface area contributed by atoms with Crippen LogP contribution < -0.4 is 9.47 Å². The van der Waals surface area contributed by atoms with Crippen LogP contribution >= 0.6 is 0 Å². The minimum absolute atomic E-state index is 0.231. The Balaban J connectivity index is 2.03. The van der Waals surface area contributed by atoms with Gasteiger partial charge in [0.05, 0.1) is 13.2 Å². The predicted molar refractivity (Wildman–Crippen MR) is 63.9 cm³/mol. The third-order valence-corrected chi connectivity index (χ3v) is 3.37. The first-order valence-corrected chi connectivity index (χ1v) is 6.20. The first kappa shape index (κ1) is 10.6. The number of carbonyl (C=O) groups excluding carboxylic acids is 1. The summed E-state index contributed by atoms with van der Waals surface area (Å²) in [5.41, 5.74) is 1.94. The Morgan fingerprint density at radius 1 is 1.12 bits per heavy atom. The summed E-state index contributed by atoms with van der Waals surface area (Å²) in [6.45, 7) is 3.43. The fraction of sp³-hybridized carbons (Fsp3) is 0.500. The van der Waals surface area contributed by atoms with Crippen LogP contribution in [0.15, 0.2) is 12.1 Å². The van der Waals surface area contributed by atoms with Crippen molar-refractivity contribution in [2.45, 2.75) is 26.2 Å². The molecule has 0 radical (unpaired) electrons. The molecule has 0 fully saturated rings. The molecular weight excluding hydrogens is 216 g/mol. The third-order valence-electron chi connectivity index (χ3n) is 3.37. The molecule has 0 N–H and O–H groups in total. The zero-order chi connectivity index (χ0) is 11.8. The molecule has 2 aliphatic rings. The highest BCUT2D eigenvalue weighted by molar-refractivity contribution is 5.99. The van der Waals surface area contributed by atoms with Gasteiger partial charge < -0.3 is 9.47 Å². The molecule has 1 aromatic rings. The number of hydrogen-bond acceptors (Lipinski definition) is 3. The summed E-state index contributed by atoms with van der Waals surface area (Å²) >= 11 is 0. The zero-order valence-electron chi connectivity index (χ0n) is 9.99. The number of fused-ring (bicyclic) bond motifs is 2. The summed E-state index contributed by atoms with van der Waals surface area (Å²) in [6, 6.07) is 3.85. The van der Waals surface area contributed by atoms with Crippen molar-refractivity contribution < 1.29 is 14.3 Å². The summed E-state index contributed by atoms with van der Waals surface area (Å²) in [4.78, 5) is 11.8. The lowest BCUT2D eigenvalue weighted by molar-refractivity contribution is 0.0972. The van der Waals surface area contributed by atoms with Crippen molar-refractivity contribution >= 4 is 5.78 Å². The smallest absolute Gasteiger partial charge is 0.163 e. The van der Waals surface area contributed by atoms with Gasteiger partial charge in [0.15, 0.2) is 17.3 Å². The van der Waals surface area contributed by atoms with E-state index in [1.165, 1.54) is 0 Å². The molecule has 0 amide bonds. The average molecular weight is 232 g/mol. The second-order valence-electron chi connectivity index (χ2n) is 4.96. The van der Waals surface area contributed by atoms with Crippen LogP contribution in [-0.4, -0.2) is 19.0 Å². The van der Waals surface area contributed by atoms with Crippen LogP contribution in [0.2, 0.25) is 0 Å². The quantitative estimate of drug-likeness (QED) is 0.689. The number of ether oxygens (including phenoxy) is 2. The standard InChI is InChI=1S/C14H16O3/c1-9-7-16-13-5-10-3-2-4-12(15)11(10)6-14(13)17-8-9/h5-6,9H,2-4,7-8H2,1H3. The Labute approximate surface area is 101 Å². The zero-order valence-corrected chi connectivity index (χ0v) is 9.99. The highest BCUT2D eigenvalue weighted by Crippen LogP contribution is 2.36. The molecule has 0 bridgehead atoms. The molecule has 1 aliphatic carbocycles. The molecule has 0 spiro atoms. The molecule has 1 aliphatic heterocycles. The molecule has 17 heavy (non-hydrogen) atoms. The molecule has 90 valence electrons. The van der Waals surface area contributed by atoms with E-state index in [4.69, 9.17) is 9.47 Å². The Morgan fingerprint density at radius 2 is 1.82 bits per heavy atom. The Kier molecular flexibility index (Phi) is 2.54. The van der Waals surface area contributed by atoms with Crippen molar-refractivity contribution in [3.63, 3.8) is 0 Å². The third kappa shape index (κ3) is 1.90. The van der Waals surface area contributed by atoms with E-state index in [1.54, 1.807) is 0 Å². The number of hydrogen-bond donors (Lipinski definition) is 0. The van der Waals surface area contributed by atoms with Gasteiger partial charge in [-0.3, -0.25) is 4.79 Å². The lowest BCUT2D eigenvalue weighted by Gasteiger charge is -2.17. The molecule has 0 saturated carbocycles. The minimum Gasteiger partial charge on any atom is -0.489 e. The predicted octanol–water partition coefficient (Wildman–Crippen LogP) is 2.61. The van der Waals surface area contributed by atoms with Crippen molar-refractivity contribution in [3.8, 4) is 11.5 Å². The molecular formula is C14H16O3. The van der Waals surface area contributed by atoms with E-state index < -0.39 is 0 Å². The monoisotopic (exact) mass is 232 g/mol. The number of Topliss-reactive ketones (excluding diaryl/α,β-unsaturated/α-hetero) is 1. The van der Waals surface area contributed by atoms with Crippen molar-refractivity contribution in [2.75, 3.05) is 13.2 Å². The summed E-state index contributed by atoms with van der Waals surface area (Å²) in [5.74, 6) is 2.14. The van der Waals surface area contributed by atoms with Gasteiger partial charge in [0, 0.05) is 17.9 Å². The average Bonchev–Trinajstić information content (AvgIpc) is 2.51. The topological polar surface area (TPSA) is 35.5 Å². The molecule has 1 heterocycles. The van der Waals surface area contributed by atoms with Crippen LogP contribution in [0, 0.1) is 5.92 Å². The second kappa shape index (κ2) is 4.06. The van der Waals surface area contributed by atoms with E-state index in [1.807, 2.05) is 12.1 Å². The summed E-state index contributed by atoms with van der Waals surface area (Å²) < 4.78 is 11.4. The first-order chi connectivity index (χ1) is 8.24. The SMILES string of the molecule is CC1COc2cc3c(cc2OC1)C(=O)CCC3. The van der Waals surface area contributed by atoms with Crippen LogP contribution in [0.3, 0.4) is 0 Å². The Morgan fingerprint density at radius 3 is 2.59 bits per heavy atom. The highest BCUT2D eigenvalue weighted by Gasteiger charge is 2.23. The molecule has 1 aromatic carbocycles. The van der Waals surface area contributed by atoms with Crippen molar-refractivity contribution in [2.24, 2.45) is 5.92 Å². The highest BCUT2D eigenvalue weighted by atomic mass is 16.5. The fourth-order valence-corrected chi connectivity index (χ4v) is 2.38. The van der Waals surface area contributed by atoms with E-state index in [0.717, 1.165) is 35.5 Å². The van der Waals surface area contributed by atoms with Gasteiger partial charge in [0.2, 0.25) is 0 Å². The molecule has 0 aromatic heterocycles. The van der Waals surface area contributed by atoms with Crippen LogP contribution in [0.4, 0.5) is 0 Å².